The van der Waals surface area contributed by atoms with E-state index in [1.165, 1.54) is 0 Å². The Morgan fingerprint density at radius 2 is 1.93 bits per heavy atom. The molecule has 78 valence electrons. The molecular formula is C11H16ClNO. The zero-order chi connectivity index (χ0) is 10.7. The molecule has 3 heteroatoms. The fraction of sp³-hybridized carbons (Fsp3) is 0.455. The summed E-state index contributed by atoms with van der Waals surface area (Å²) in [6, 6.07) is 5.58. The summed E-state index contributed by atoms with van der Waals surface area (Å²) in [4.78, 5) is 0. The molecule has 0 bridgehead atoms. The highest BCUT2D eigenvalue weighted by Crippen LogP contribution is 2.27. The van der Waals surface area contributed by atoms with Crippen LogP contribution >= 0.6 is 11.6 Å². The lowest BCUT2D eigenvalue weighted by Gasteiger charge is -2.18. The third kappa shape index (κ3) is 2.89. The van der Waals surface area contributed by atoms with Gasteiger partial charge in [0.1, 0.15) is 5.75 Å². The quantitative estimate of drug-likeness (QED) is 0.809. The minimum absolute atomic E-state index is 0.105. The summed E-state index contributed by atoms with van der Waals surface area (Å²) in [5.74, 6) is 0.287. The number of hydrogen-bond donors (Lipinski definition) is 2. The molecule has 0 aliphatic carbocycles. The van der Waals surface area contributed by atoms with Crippen molar-refractivity contribution in [2.45, 2.75) is 32.9 Å². The van der Waals surface area contributed by atoms with Crippen LogP contribution in [0.15, 0.2) is 18.2 Å². The zero-order valence-electron chi connectivity index (χ0n) is 8.71. The third-order valence-electron chi connectivity index (χ3n) is 2.04. The Hall–Kier alpha value is -0.730. The summed E-state index contributed by atoms with van der Waals surface area (Å²) in [5.41, 5.74) is 0.839. The van der Waals surface area contributed by atoms with Gasteiger partial charge < -0.3 is 10.4 Å². The highest BCUT2D eigenvalue weighted by Gasteiger charge is 2.11. The van der Waals surface area contributed by atoms with Crippen molar-refractivity contribution in [3.05, 3.63) is 28.8 Å². The summed E-state index contributed by atoms with van der Waals surface area (Å²) in [6.07, 6.45) is 0. The first kappa shape index (κ1) is 11.3. The average molecular weight is 214 g/mol. The molecular weight excluding hydrogens is 198 g/mol. The Morgan fingerprint density at radius 1 is 1.29 bits per heavy atom. The van der Waals surface area contributed by atoms with E-state index in [1.54, 1.807) is 18.2 Å². The molecule has 0 spiro atoms. The summed E-state index contributed by atoms with van der Waals surface area (Å²) >= 11 is 5.86. The van der Waals surface area contributed by atoms with Gasteiger partial charge in [-0.15, -0.1) is 0 Å². The Labute approximate surface area is 89.9 Å². The standard InChI is InChI=1S/C11H16ClNO/c1-7(2)13-8(3)10-6-9(12)4-5-11(10)14/h4-8,13-14H,1-3H3. The van der Waals surface area contributed by atoms with Gasteiger partial charge in [0.25, 0.3) is 0 Å². The molecule has 1 rings (SSSR count). The van der Waals surface area contributed by atoms with Crippen LogP contribution in [0.25, 0.3) is 0 Å². The minimum atomic E-state index is 0.105. The van der Waals surface area contributed by atoms with Crippen molar-refractivity contribution in [1.82, 2.24) is 5.32 Å². The summed E-state index contributed by atoms with van der Waals surface area (Å²) in [5, 5.41) is 13.6. The van der Waals surface area contributed by atoms with Crippen molar-refractivity contribution >= 4 is 11.6 Å². The maximum Gasteiger partial charge on any atom is 0.120 e. The molecule has 2 N–H and O–H groups in total. The van der Waals surface area contributed by atoms with Crippen LogP contribution in [0.5, 0.6) is 5.75 Å². The normalized spacial score (nSPS) is 13.2. The fourth-order valence-electron chi connectivity index (χ4n) is 1.46. The van der Waals surface area contributed by atoms with Gasteiger partial charge in [0, 0.05) is 22.7 Å². The molecule has 0 radical (unpaired) electrons. The van der Waals surface area contributed by atoms with Gasteiger partial charge in [0.2, 0.25) is 0 Å². The molecule has 1 unspecified atom stereocenters. The first-order valence-electron chi connectivity index (χ1n) is 4.75. The van der Waals surface area contributed by atoms with Gasteiger partial charge in [0.15, 0.2) is 0 Å². The molecule has 1 atom stereocenters. The number of phenolic OH excluding ortho intramolecular Hbond substituents is 1. The Kier molecular flexibility index (Phi) is 3.78. The Balaban J connectivity index is 2.88. The van der Waals surface area contributed by atoms with Crippen LogP contribution in [0.4, 0.5) is 0 Å². The van der Waals surface area contributed by atoms with Gasteiger partial charge in [-0.05, 0) is 25.1 Å². The molecule has 0 amide bonds. The number of nitrogens with one attached hydrogen (secondary N) is 1. The second-order valence-corrected chi connectivity index (χ2v) is 4.18. The maximum atomic E-state index is 9.62. The number of rotatable bonds is 3. The van der Waals surface area contributed by atoms with Crippen LogP contribution in [-0.4, -0.2) is 11.1 Å². The van der Waals surface area contributed by atoms with Gasteiger partial charge in [-0.25, -0.2) is 0 Å². The smallest absolute Gasteiger partial charge is 0.120 e. The molecule has 0 aromatic heterocycles. The van der Waals surface area contributed by atoms with Gasteiger partial charge in [-0.1, -0.05) is 25.4 Å². The van der Waals surface area contributed by atoms with Crippen molar-refractivity contribution in [2.24, 2.45) is 0 Å². The molecule has 1 aromatic carbocycles. The van der Waals surface area contributed by atoms with Crippen molar-refractivity contribution in [1.29, 1.82) is 0 Å². The van der Waals surface area contributed by atoms with Crippen molar-refractivity contribution in [2.75, 3.05) is 0 Å². The highest BCUT2D eigenvalue weighted by molar-refractivity contribution is 6.30. The number of benzene rings is 1. The van der Waals surface area contributed by atoms with Crippen LogP contribution in [0.1, 0.15) is 32.4 Å². The van der Waals surface area contributed by atoms with Gasteiger partial charge in [-0.3, -0.25) is 0 Å². The lowest BCUT2D eigenvalue weighted by molar-refractivity contribution is 0.442. The second-order valence-electron chi connectivity index (χ2n) is 3.75. The van der Waals surface area contributed by atoms with Crippen molar-refractivity contribution in [3.63, 3.8) is 0 Å². The second kappa shape index (κ2) is 4.67. The van der Waals surface area contributed by atoms with E-state index in [0.29, 0.717) is 11.1 Å². The van der Waals surface area contributed by atoms with E-state index in [4.69, 9.17) is 11.6 Å². The van der Waals surface area contributed by atoms with Crippen molar-refractivity contribution < 1.29 is 5.11 Å². The minimum Gasteiger partial charge on any atom is -0.508 e. The SMILES string of the molecule is CC(C)NC(C)c1cc(Cl)ccc1O. The average Bonchev–Trinajstić information content (AvgIpc) is 2.08. The molecule has 0 saturated heterocycles. The van der Waals surface area contributed by atoms with Crippen LogP contribution in [0.2, 0.25) is 5.02 Å². The van der Waals surface area contributed by atoms with Gasteiger partial charge in [0.05, 0.1) is 0 Å². The molecule has 0 aliphatic heterocycles. The molecule has 1 aromatic rings. The lowest BCUT2D eigenvalue weighted by atomic mass is 10.1. The molecule has 14 heavy (non-hydrogen) atoms. The third-order valence-corrected chi connectivity index (χ3v) is 2.27. The predicted octanol–water partition coefficient (Wildman–Crippen LogP) is 3.10. The number of halogens is 1. The van der Waals surface area contributed by atoms with E-state index in [1.807, 2.05) is 6.92 Å². The van der Waals surface area contributed by atoms with E-state index in [-0.39, 0.29) is 11.8 Å². The lowest BCUT2D eigenvalue weighted by Crippen LogP contribution is -2.26. The van der Waals surface area contributed by atoms with E-state index in [0.717, 1.165) is 5.56 Å². The van der Waals surface area contributed by atoms with Crippen LogP contribution < -0.4 is 5.32 Å². The van der Waals surface area contributed by atoms with E-state index >= 15 is 0 Å². The first-order valence-corrected chi connectivity index (χ1v) is 5.13. The van der Waals surface area contributed by atoms with E-state index in [9.17, 15) is 5.11 Å². The summed E-state index contributed by atoms with van der Waals surface area (Å²) < 4.78 is 0. The van der Waals surface area contributed by atoms with Crippen LogP contribution in [0.3, 0.4) is 0 Å². The summed E-state index contributed by atoms with van der Waals surface area (Å²) in [7, 11) is 0. The highest BCUT2D eigenvalue weighted by atomic mass is 35.5. The van der Waals surface area contributed by atoms with Crippen molar-refractivity contribution in [3.8, 4) is 5.75 Å². The molecule has 0 saturated carbocycles. The summed E-state index contributed by atoms with van der Waals surface area (Å²) in [6.45, 7) is 6.14. The molecule has 2 nitrogen and oxygen atoms in total. The van der Waals surface area contributed by atoms with Crippen LogP contribution in [0, 0.1) is 0 Å². The van der Waals surface area contributed by atoms with Gasteiger partial charge in [-0.2, -0.15) is 0 Å². The molecule has 0 heterocycles. The first-order chi connectivity index (χ1) is 6.50. The fourth-order valence-corrected chi connectivity index (χ4v) is 1.64. The van der Waals surface area contributed by atoms with E-state index in [2.05, 4.69) is 19.2 Å². The largest absolute Gasteiger partial charge is 0.508 e. The van der Waals surface area contributed by atoms with Gasteiger partial charge >= 0.3 is 0 Å². The molecule has 0 aliphatic rings. The topological polar surface area (TPSA) is 32.3 Å². The van der Waals surface area contributed by atoms with E-state index < -0.39 is 0 Å². The number of hydrogen-bond acceptors (Lipinski definition) is 2. The predicted molar refractivity (Wildman–Crippen MR) is 59.8 cm³/mol. The molecule has 0 fully saturated rings. The van der Waals surface area contributed by atoms with Crippen LogP contribution in [-0.2, 0) is 0 Å². The Bertz CT molecular complexity index is 312. The Morgan fingerprint density at radius 3 is 2.50 bits per heavy atom. The zero-order valence-corrected chi connectivity index (χ0v) is 9.47. The maximum absolute atomic E-state index is 9.62. The number of aromatic hydroxyl groups is 1. The number of phenols is 1. The monoisotopic (exact) mass is 213 g/mol.